The summed E-state index contributed by atoms with van der Waals surface area (Å²) in [6, 6.07) is 0. The van der Waals surface area contributed by atoms with Gasteiger partial charge in [-0.1, -0.05) is 6.92 Å². The molecule has 0 spiro atoms. The van der Waals surface area contributed by atoms with Crippen molar-refractivity contribution in [2.24, 2.45) is 23.5 Å². The first-order valence-corrected chi connectivity index (χ1v) is 3.39. The lowest BCUT2D eigenvalue weighted by Crippen LogP contribution is -2.05. The van der Waals surface area contributed by atoms with Crippen LogP contribution in [0.1, 0.15) is 13.8 Å². The summed E-state index contributed by atoms with van der Waals surface area (Å²) in [6.45, 7) is 4.41. The molecule has 0 radical (unpaired) electrons. The van der Waals surface area contributed by atoms with Crippen molar-refractivity contribution in [3.8, 4) is 0 Å². The molecule has 2 N–H and O–H groups in total. The summed E-state index contributed by atoms with van der Waals surface area (Å²) in [5.74, 6) is 1.63. The minimum Gasteiger partial charge on any atom is -0.330 e. The highest BCUT2D eigenvalue weighted by atomic mass is 16.1. The fraction of sp³-hybridized carbons (Fsp3) is 0.857. The van der Waals surface area contributed by atoms with Crippen LogP contribution in [0.15, 0.2) is 0 Å². The first-order valence-electron chi connectivity index (χ1n) is 3.39. The van der Waals surface area contributed by atoms with E-state index in [1.54, 1.807) is 6.92 Å². The molecule has 1 saturated carbocycles. The van der Waals surface area contributed by atoms with E-state index in [1.807, 2.05) is 0 Å². The Labute approximate surface area is 55.4 Å². The van der Waals surface area contributed by atoms with Gasteiger partial charge in [0, 0.05) is 5.92 Å². The van der Waals surface area contributed by atoms with E-state index in [-0.39, 0.29) is 5.92 Å². The fourth-order valence-corrected chi connectivity index (χ4v) is 1.58. The van der Waals surface area contributed by atoms with Gasteiger partial charge >= 0.3 is 0 Å². The highest BCUT2D eigenvalue weighted by Crippen LogP contribution is 2.45. The lowest BCUT2D eigenvalue weighted by molar-refractivity contribution is -0.118. The second-order valence-electron chi connectivity index (χ2n) is 2.90. The number of hydrogen-bond donors (Lipinski definition) is 1. The maximum absolute atomic E-state index is 10.7. The van der Waals surface area contributed by atoms with Crippen molar-refractivity contribution in [3.63, 3.8) is 0 Å². The molecular weight excluding hydrogens is 114 g/mol. The smallest absolute Gasteiger partial charge is 0.133 e. The molecule has 0 aromatic rings. The number of hydrogen-bond acceptors (Lipinski definition) is 2. The molecule has 1 unspecified atom stereocenters. The van der Waals surface area contributed by atoms with Crippen molar-refractivity contribution >= 4 is 5.78 Å². The molecule has 0 saturated heterocycles. The molecule has 2 nitrogen and oxygen atoms in total. The molecule has 9 heavy (non-hydrogen) atoms. The summed E-state index contributed by atoms with van der Waals surface area (Å²) >= 11 is 0. The summed E-state index contributed by atoms with van der Waals surface area (Å²) in [7, 11) is 0. The van der Waals surface area contributed by atoms with Gasteiger partial charge in [-0.25, -0.2) is 0 Å². The minimum absolute atomic E-state index is 0.287. The molecule has 1 aliphatic carbocycles. The second-order valence-corrected chi connectivity index (χ2v) is 2.90. The lowest BCUT2D eigenvalue weighted by Gasteiger charge is -1.86. The van der Waals surface area contributed by atoms with Crippen molar-refractivity contribution in [3.05, 3.63) is 0 Å². The molecule has 1 rings (SSSR count). The van der Waals surface area contributed by atoms with E-state index < -0.39 is 0 Å². The lowest BCUT2D eigenvalue weighted by atomic mass is 10.2. The molecule has 0 aromatic heterocycles. The van der Waals surface area contributed by atoms with Crippen molar-refractivity contribution in [1.82, 2.24) is 0 Å². The normalized spacial score (nSPS) is 40.6. The Balaban J connectivity index is 2.42. The average molecular weight is 127 g/mol. The minimum atomic E-state index is 0.287. The number of nitrogens with two attached hydrogens (primary N) is 1. The maximum atomic E-state index is 10.7. The molecule has 3 atom stereocenters. The zero-order valence-corrected chi connectivity index (χ0v) is 5.92. The summed E-state index contributed by atoms with van der Waals surface area (Å²) in [6.07, 6.45) is 0. The highest BCUT2D eigenvalue weighted by molar-refractivity contribution is 5.81. The third-order valence-corrected chi connectivity index (χ3v) is 2.30. The Morgan fingerprint density at radius 1 is 1.67 bits per heavy atom. The Morgan fingerprint density at radius 2 is 2.22 bits per heavy atom. The van der Waals surface area contributed by atoms with E-state index in [0.717, 1.165) is 0 Å². The zero-order valence-electron chi connectivity index (χ0n) is 5.92. The number of ketones is 1. The van der Waals surface area contributed by atoms with E-state index in [1.165, 1.54) is 0 Å². The molecule has 1 aliphatic rings. The molecule has 0 aromatic carbocycles. The van der Waals surface area contributed by atoms with Crippen molar-refractivity contribution in [1.29, 1.82) is 0 Å². The van der Waals surface area contributed by atoms with E-state index >= 15 is 0 Å². The maximum Gasteiger partial charge on any atom is 0.133 e. The SMILES string of the molecule is CC(=O)[C@H]1C(C)[C@@H]1CN. The number of rotatable bonds is 2. The summed E-state index contributed by atoms with van der Waals surface area (Å²) in [4.78, 5) is 10.7. The molecular formula is C7H13NO. The van der Waals surface area contributed by atoms with Crippen LogP contribution in [0.3, 0.4) is 0 Å². The average Bonchev–Trinajstić information content (AvgIpc) is 2.40. The van der Waals surface area contributed by atoms with Crippen LogP contribution in [0.5, 0.6) is 0 Å². The number of carbonyl (C=O) groups is 1. The van der Waals surface area contributed by atoms with Crippen molar-refractivity contribution in [2.45, 2.75) is 13.8 Å². The van der Waals surface area contributed by atoms with Crippen LogP contribution in [0.2, 0.25) is 0 Å². The van der Waals surface area contributed by atoms with Gasteiger partial charge in [0.05, 0.1) is 0 Å². The van der Waals surface area contributed by atoms with Crippen LogP contribution in [-0.2, 0) is 4.79 Å². The molecule has 0 aliphatic heterocycles. The molecule has 2 heteroatoms. The van der Waals surface area contributed by atoms with Gasteiger partial charge in [-0.15, -0.1) is 0 Å². The Kier molecular flexibility index (Phi) is 1.58. The summed E-state index contributed by atoms with van der Waals surface area (Å²) in [5.41, 5.74) is 5.40. The van der Waals surface area contributed by atoms with E-state index in [2.05, 4.69) is 6.92 Å². The highest BCUT2D eigenvalue weighted by Gasteiger charge is 2.48. The van der Waals surface area contributed by atoms with Gasteiger partial charge in [-0.3, -0.25) is 4.79 Å². The largest absolute Gasteiger partial charge is 0.330 e. The first kappa shape index (κ1) is 6.75. The van der Waals surface area contributed by atoms with Gasteiger partial charge in [-0.2, -0.15) is 0 Å². The Morgan fingerprint density at radius 3 is 2.33 bits per heavy atom. The van der Waals surface area contributed by atoms with E-state index in [9.17, 15) is 4.79 Å². The predicted octanol–water partition coefficient (Wildman–Crippen LogP) is 0.416. The molecule has 1 fully saturated rings. The molecule has 0 bridgehead atoms. The van der Waals surface area contributed by atoms with Crippen LogP contribution in [-0.4, -0.2) is 12.3 Å². The first-order chi connectivity index (χ1) is 4.18. The van der Waals surface area contributed by atoms with Crippen molar-refractivity contribution < 1.29 is 4.79 Å². The van der Waals surface area contributed by atoms with Gasteiger partial charge in [0.1, 0.15) is 5.78 Å². The van der Waals surface area contributed by atoms with Gasteiger partial charge < -0.3 is 5.73 Å². The Bertz CT molecular complexity index is 133. The quantitative estimate of drug-likeness (QED) is 0.584. The van der Waals surface area contributed by atoms with E-state index in [0.29, 0.717) is 24.2 Å². The van der Waals surface area contributed by atoms with Gasteiger partial charge in [-0.05, 0) is 25.3 Å². The summed E-state index contributed by atoms with van der Waals surface area (Å²) in [5, 5.41) is 0. The Hall–Kier alpha value is -0.370. The number of Topliss-reactive ketones (excluding diaryl/α,β-unsaturated/α-hetero) is 1. The van der Waals surface area contributed by atoms with Crippen LogP contribution in [0.4, 0.5) is 0 Å². The van der Waals surface area contributed by atoms with Crippen LogP contribution in [0.25, 0.3) is 0 Å². The summed E-state index contributed by atoms with van der Waals surface area (Å²) < 4.78 is 0. The third-order valence-electron chi connectivity index (χ3n) is 2.30. The molecule has 52 valence electrons. The predicted molar refractivity (Wildman–Crippen MR) is 35.9 cm³/mol. The number of carbonyl (C=O) groups excluding carboxylic acids is 1. The standard InChI is InChI=1S/C7H13NO/c1-4-6(3-8)7(4)5(2)9/h4,6-7H,3,8H2,1-2H3/t4?,6-,7+/m0/s1. The van der Waals surface area contributed by atoms with Gasteiger partial charge in [0.15, 0.2) is 0 Å². The van der Waals surface area contributed by atoms with Crippen LogP contribution in [0, 0.1) is 17.8 Å². The van der Waals surface area contributed by atoms with Gasteiger partial charge in [0.25, 0.3) is 0 Å². The van der Waals surface area contributed by atoms with E-state index in [4.69, 9.17) is 5.73 Å². The van der Waals surface area contributed by atoms with Crippen LogP contribution < -0.4 is 5.73 Å². The topological polar surface area (TPSA) is 43.1 Å². The fourth-order valence-electron chi connectivity index (χ4n) is 1.58. The third kappa shape index (κ3) is 0.990. The molecule has 0 amide bonds. The zero-order chi connectivity index (χ0) is 7.02. The van der Waals surface area contributed by atoms with Crippen LogP contribution >= 0.6 is 0 Å². The van der Waals surface area contributed by atoms with Crippen molar-refractivity contribution in [2.75, 3.05) is 6.54 Å². The molecule has 0 heterocycles. The monoisotopic (exact) mass is 127 g/mol. The van der Waals surface area contributed by atoms with Gasteiger partial charge in [0.2, 0.25) is 0 Å². The second kappa shape index (κ2) is 2.10.